The van der Waals surface area contributed by atoms with Crippen molar-refractivity contribution in [3.05, 3.63) is 0 Å². The summed E-state index contributed by atoms with van der Waals surface area (Å²) in [6.07, 6.45) is 1.22. The van der Waals surface area contributed by atoms with Gasteiger partial charge in [-0.1, -0.05) is 6.92 Å². The first-order valence-corrected chi connectivity index (χ1v) is 5.89. The van der Waals surface area contributed by atoms with E-state index >= 15 is 0 Å². The van der Waals surface area contributed by atoms with Crippen LogP contribution in [-0.4, -0.2) is 49.6 Å². The molecule has 90 valence electrons. The molecular weight excluding hydrogens is 204 g/mol. The first kappa shape index (κ1) is 12.9. The first-order chi connectivity index (χ1) is 7.77. The normalized spacial score (nSPS) is 18.8. The molecule has 1 amide bonds. The van der Waals surface area contributed by atoms with Gasteiger partial charge in [-0.3, -0.25) is 9.69 Å². The lowest BCUT2D eigenvalue weighted by molar-refractivity contribution is -0.121. The van der Waals surface area contributed by atoms with E-state index in [4.69, 9.17) is 5.26 Å². The van der Waals surface area contributed by atoms with Crippen LogP contribution in [0.3, 0.4) is 0 Å². The van der Waals surface area contributed by atoms with Gasteiger partial charge < -0.3 is 10.6 Å². The molecule has 0 aromatic rings. The van der Waals surface area contributed by atoms with Crippen molar-refractivity contribution in [2.24, 2.45) is 0 Å². The predicted octanol–water partition coefficient (Wildman–Crippen LogP) is -0.300. The van der Waals surface area contributed by atoms with E-state index in [0.29, 0.717) is 6.54 Å². The Kier molecular flexibility index (Phi) is 5.83. The fourth-order valence-electron chi connectivity index (χ4n) is 1.76. The van der Waals surface area contributed by atoms with Gasteiger partial charge in [0.2, 0.25) is 5.91 Å². The average Bonchev–Trinajstić information content (AvgIpc) is 2.34. The van der Waals surface area contributed by atoms with Crippen molar-refractivity contribution in [2.45, 2.75) is 25.8 Å². The first-order valence-electron chi connectivity index (χ1n) is 5.89. The van der Waals surface area contributed by atoms with Crippen LogP contribution >= 0.6 is 0 Å². The molecule has 0 radical (unpaired) electrons. The molecule has 1 heterocycles. The number of rotatable bonds is 5. The number of hydrogen-bond acceptors (Lipinski definition) is 4. The molecule has 5 heteroatoms. The summed E-state index contributed by atoms with van der Waals surface area (Å²) in [5.74, 6) is -0.0214. The quantitative estimate of drug-likeness (QED) is 0.673. The molecule has 0 aromatic heterocycles. The highest BCUT2D eigenvalue weighted by atomic mass is 16.1. The largest absolute Gasteiger partial charge is 0.356 e. The maximum atomic E-state index is 11.5. The molecule has 1 fully saturated rings. The van der Waals surface area contributed by atoms with Gasteiger partial charge in [-0.05, 0) is 6.42 Å². The molecule has 1 atom stereocenters. The van der Waals surface area contributed by atoms with E-state index < -0.39 is 0 Å². The Bertz CT molecular complexity index is 255. The number of piperazine rings is 1. The number of carbonyl (C=O) groups is 1. The Morgan fingerprint density at radius 3 is 2.81 bits per heavy atom. The monoisotopic (exact) mass is 224 g/mol. The molecule has 1 aliphatic rings. The third-order valence-corrected chi connectivity index (χ3v) is 2.69. The molecule has 0 bridgehead atoms. The smallest absolute Gasteiger partial charge is 0.222 e. The maximum Gasteiger partial charge on any atom is 0.222 e. The van der Waals surface area contributed by atoms with Gasteiger partial charge in [-0.15, -0.1) is 0 Å². The second kappa shape index (κ2) is 7.20. The maximum absolute atomic E-state index is 11.5. The van der Waals surface area contributed by atoms with Gasteiger partial charge in [0.1, 0.15) is 6.04 Å². The van der Waals surface area contributed by atoms with Crippen molar-refractivity contribution >= 4 is 5.91 Å². The van der Waals surface area contributed by atoms with Crippen molar-refractivity contribution in [3.8, 4) is 6.07 Å². The molecule has 0 spiro atoms. The molecule has 1 unspecified atom stereocenters. The SMILES string of the molecule is CCCNC(=O)CC(C#N)N1CCNCC1. The van der Waals surface area contributed by atoms with Gasteiger partial charge in [0.15, 0.2) is 0 Å². The second-order valence-corrected chi connectivity index (χ2v) is 3.98. The Labute approximate surface area is 96.8 Å². The summed E-state index contributed by atoms with van der Waals surface area (Å²) in [6.45, 7) is 6.19. The molecule has 1 saturated heterocycles. The van der Waals surface area contributed by atoms with Gasteiger partial charge in [0.05, 0.1) is 12.5 Å². The van der Waals surface area contributed by atoms with Crippen LogP contribution in [0, 0.1) is 11.3 Å². The lowest BCUT2D eigenvalue weighted by Crippen LogP contribution is -2.49. The zero-order valence-corrected chi connectivity index (χ0v) is 9.83. The van der Waals surface area contributed by atoms with Crippen LogP contribution < -0.4 is 10.6 Å². The fourth-order valence-corrected chi connectivity index (χ4v) is 1.76. The second-order valence-electron chi connectivity index (χ2n) is 3.98. The number of amides is 1. The molecule has 16 heavy (non-hydrogen) atoms. The minimum absolute atomic E-state index is 0.0214. The molecule has 0 aliphatic carbocycles. The summed E-state index contributed by atoms with van der Waals surface area (Å²) in [4.78, 5) is 13.6. The van der Waals surface area contributed by atoms with Crippen LogP contribution in [0.1, 0.15) is 19.8 Å². The minimum atomic E-state index is -0.279. The summed E-state index contributed by atoms with van der Waals surface area (Å²) < 4.78 is 0. The summed E-state index contributed by atoms with van der Waals surface area (Å²) in [7, 11) is 0. The van der Waals surface area contributed by atoms with E-state index in [1.165, 1.54) is 0 Å². The van der Waals surface area contributed by atoms with Crippen molar-refractivity contribution < 1.29 is 4.79 Å². The Morgan fingerprint density at radius 1 is 1.56 bits per heavy atom. The summed E-state index contributed by atoms with van der Waals surface area (Å²) in [5, 5.41) is 15.1. The van der Waals surface area contributed by atoms with Crippen LogP contribution in [0.4, 0.5) is 0 Å². The number of hydrogen-bond donors (Lipinski definition) is 2. The highest BCUT2D eigenvalue weighted by Gasteiger charge is 2.22. The highest BCUT2D eigenvalue weighted by Crippen LogP contribution is 2.04. The average molecular weight is 224 g/mol. The highest BCUT2D eigenvalue weighted by molar-refractivity contribution is 5.76. The third kappa shape index (κ3) is 4.17. The Morgan fingerprint density at radius 2 is 2.25 bits per heavy atom. The number of nitriles is 1. The zero-order chi connectivity index (χ0) is 11.8. The Hall–Kier alpha value is -1.12. The Balaban J connectivity index is 2.36. The lowest BCUT2D eigenvalue weighted by Gasteiger charge is -2.30. The molecular formula is C11H20N4O. The molecule has 5 nitrogen and oxygen atoms in total. The van der Waals surface area contributed by atoms with Crippen molar-refractivity contribution in [2.75, 3.05) is 32.7 Å². The van der Waals surface area contributed by atoms with Crippen LogP contribution in [0.25, 0.3) is 0 Å². The van der Waals surface area contributed by atoms with Crippen LogP contribution in [-0.2, 0) is 4.79 Å². The minimum Gasteiger partial charge on any atom is -0.356 e. The van der Waals surface area contributed by atoms with Crippen LogP contribution in [0.15, 0.2) is 0 Å². The van der Waals surface area contributed by atoms with Gasteiger partial charge in [-0.2, -0.15) is 5.26 Å². The number of nitrogens with one attached hydrogen (secondary N) is 2. The van der Waals surface area contributed by atoms with E-state index in [2.05, 4.69) is 21.6 Å². The zero-order valence-electron chi connectivity index (χ0n) is 9.83. The summed E-state index contributed by atoms with van der Waals surface area (Å²) in [6, 6.07) is 1.94. The topological polar surface area (TPSA) is 68.2 Å². The van der Waals surface area contributed by atoms with Gasteiger partial charge >= 0.3 is 0 Å². The molecule has 2 N–H and O–H groups in total. The van der Waals surface area contributed by atoms with Crippen molar-refractivity contribution in [1.82, 2.24) is 15.5 Å². The number of nitrogens with zero attached hydrogens (tertiary/aromatic N) is 2. The van der Waals surface area contributed by atoms with Crippen LogP contribution in [0.2, 0.25) is 0 Å². The van der Waals surface area contributed by atoms with Crippen molar-refractivity contribution in [1.29, 1.82) is 5.26 Å². The van der Waals surface area contributed by atoms with Gasteiger partial charge in [0.25, 0.3) is 0 Å². The van der Waals surface area contributed by atoms with E-state index in [0.717, 1.165) is 32.6 Å². The summed E-state index contributed by atoms with van der Waals surface area (Å²) in [5.41, 5.74) is 0. The number of carbonyl (C=O) groups excluding carboxylic acids is 1. The van der Waals surface area contributed by atoms with Gasteiger partial charge in [0, 0.05) is 32.7 Å². The van der Waals surface area contributed by atoms with E-state index in [1.54, 1.807) is 0 Å². The van der Waals surface area contributed by atoms with E-state index in [9.17, 15) is 4.79 Å². The standard InChI is InChI=1S/C11H20N4O/c1-2-3-14-11(16)8-10(9-12)15-6-4-13-5-7-15/h10,13H,2-8H2,1H3,(H,14,16). The summed E-state index contributed by atoms with van der Waals surface area (Å²) >= 11 is 0. The fraction of sp³-hybridized carbons (Fsp3) is 0.818. The third-order valence-electron chi connectivity index (χ3n) is 2.69. The molecule has 0 aromatic carbocycles. The van der Waals surface area contributed by atoms with Crippen molar-refractivity contribution in [3.63, 3.8) is 0 Å². The predicted molar refractivity (Wildman–Crippen MR) is 61.8 cm³/mol. The van der Waals surface area contributed by atoms with E-state index in [1.807, 2.05) is 6.92 Å². The van der Waals surface area contributed by atoms with E-state index in [-0.39, 0.29) is 18.4 Å². The lowest BCUT2D eigenvalue weighted by atomic mass is 10.1. The molecule has 1 rings (SSSR count). The van der Waals surface area contributed by atoms with Crippen LogP contribution in [0.5, 0.6) is 0 Å². The molecule has 1 aliphatic heterocycles. The van der Waals surface area contributed by atoms with Gasteiger partial charge in [-0.25, -0.2) is 0 Å². The molecule has 0 saturated carbocycles.